The molecule has 0 aliphatic heterocycles. The number of hydrogen-bond donors (Lipinski definition) is 1. The van der Waals surface area contributed by atoms with Crippen molar-refractivity contribution in [3.63, 3.8) is 0 Å². The SMILES string of the molecule is O=C(O)c1cn(C2CC2)c2c(OS(=O)(=O)C(F)(F)F)c(F)c(F)cc2c1=O. The van der Waals surface area contributed by atoms with Gasteiger partial charge in [-0.3, -0.25) is 4.79 Å². The van der Waals surface area contributed by atoms with Gasteiger partial charge in [0.1, 0.15) is 11.1 Å². The topological polar surface area (TPSA) is 103 Å². The van der Waals surface area contributed by atoms with Crippen LogP contribution in [0.3, 0.4) is 0 Å². The van der Waals surface area contributed by atoms with E-state index >= 15 is 0 Å². The van der Waals surface area contributed by atoms with E-state index in [-0.39, 0.29) is 6.07 Å². The quantitative estimate of drug-likeness (QED) is 0.470. The van der Waals surface area contributed by atoms with Gasteiger partial charge in [0.25, 0.3) is 0 Å². The van der Waals surface area contributed by atoms with Crippen molar-refractivity contribution in [1.82, 2.24) is 4.57 Å². The third-order valence-electron chi connectivity index (χ3n) is 3.81. The van der Waals surface area contributed by atoms with Gasteiger partial charge in [-0.05, 0) is 18.9 Å². The fraction of sp³-hybridized carbons (Fsp3) is 0.286. The van der Waals surface area contributed by atoms with Crippen LogP contribution in [0.1, 0.15) is 29.2 Å². The molecule has 0 saturated heterocycles. The number of nitrogens with zero attached hydrogens (tertiary/aromatic N) is 1. The number of rotatable bonds is 4. The van der Waals surface area contributed by atoms with Gasteiger partial charge in [0, 0.05) is 12.2 Å². The van der Waals surface area contributed by atoms with Crippen LogP contribution in [-0.2, 0) is 10.1 Å². The first-order valence-electron chi connectivity index (χ1n) is 7.16. The molecule has 0 atom stereocenters. The molecule has 1 N–H and O–H groups in total. The lowest BCUT2D eigenvalue weighted by Crippen LogP contribution is -2.29. The lowest BCUT2D eigenvalue weighted by atomic mass is 10.1. The van der Waals surface area contributed by atoms with Crippen LogP contribution >= 0.6 is 0 Å². The van der Waals surface area contributed by atoms with Crippen molar-refractivity contribution < 1.29 is 44.5 Å². The second kappa shape index (κ2) is 5.90. The fourth-order valence-corrected chi connectivity index (χ4v) is 2.92. The number of pyridine rings is 1. The first-order valence-corrected chi connectivity index (χ1v) is 8.57. The van der Waals surface area contributed by atoms with Gasteiger partial charge in [-0.1, -0.05) is 0 Å². The van der Waals surface area contributed by atoms with E-state index in [1.807, 2.05) is 0 Å². The summed E-state index contributed by atoms with van der Waals surface area (Å²) in [6.45, 7) is 0. The average molecular weight is 413 g/mol. The number of aromatic nitrogens is 1. The van der Waals surface area contributed by atoms with E-state index in [4.69, 9.17) is 5.11 Å². The molecule has 0 unspecified atom stereocenters. The van der Waals surface area contributed by atoms with Gasteiger partial charge in [0.15, 0.2) is 5.82 Å². The van der Waals surface area contributed by atoms with E-state index in [1.165, 1.54) is 0 Å². The van der Waals surface area contributed by atoms with Gasteiger partial charge in [-0.15, -0.1) is 0 Å². The summed E-state index contributed by atoms with van der Waals surface area (Å²) in [5.41, 5.74) is -8.89. The van der Waals surface area contributed by atoms with Gasteiger partial charge in [0.2, 0.25) is 17.0 Å². The van der Waals surface area contributed by atoms with Gasteiger partial charge in [0.05, 0.1) is 5.39 Å². The largest absolute Gasteiger partial charge is 0.534 e. The number of alkyl halides is 3. The van der Waals surface area contributed by atoms with E-state index in [9.17, 15) is 40.0 Å². The van der Waals surface area contributed by atoms with E-state index in [2.05, 4.69) is 4.18 Å². The maximum Gasteiger partial charge on any atom is 0.534 e. The standard InChI is InChI=1S/C14H8F5NO6S/c15-8-3-6-10(12(9(8)16)26-27(24,25)14(17,18)19)20(5-1-2-5)4-7(11(6)21)13(22)23/h3-5H,1-2H2,(H,22,23). The Morgan fingerprint density at radius 2 is 1.85 bits per heavy atom. The molecule has 0 spiro atoms. The minimum atomic E-state index is -6.38. The Morgan fingerprint density at radius 3 is 2.33 bits per heavy atom. The van der Waals surface area contributed by atoms with Crippen molar-refractivity contribution in [2.75, 3.05) is 0 Å². The van der Waals surface area contributed by atoms with Gasteiger partial charge in [-0.2, -0.15) is 26.0 Å². The van der Waals surface area contributed by atoms with Crippen molar-refractivity contribution >= 4 is 27.0 Å². The number of aromatic carboxylic acids is 1. The number of carboxylic acid groups (broad SMARTS) is 1. The number of carboxylic acids is 1. The van der Waals surface area contributed by atoms with Gasteiger partial charge < -0.3 is 13.9 Å². The van der Waals surface area contributed by atoms with Gasteiger partial charge in [-0.25, -0.2) is 9.18 Å². The molecule has 0 amide bonds. The first-order chi connectivity index (χ1) is 12.3. The number of hydrogen-bond acceptors (Lipinski definition) is 5. The average Bonchev–Trinajstić information content (AvgIpc) is 3.36. The van der Waals surface area contributed by atoms with Gasteiger partial charge >= 0.3 is 21.6 Å². The number of carbonyl (C=O) groups is 1. The Kier molecular flexibility index (Phi) is 4.17. The normalized spacial score (nSPS) is 15.1. The fourth-order valence-electron chi connectivity index (χ4n) is 2.46. The van der Waals surface area contributed by atoms with Crippen molar-refractivity contribution in [3.8, 4) is 5.75 Å². The molecule has 1 aliphatic carbocycles. The molecule has 7 nitrogen and oxygen atoms in total. The maximum absolute atomic E-state index is 14.1. The van der Waals surface area contributed by atoms with Crippen LogP contribution in [0.15, 0.2) is 17.1 Å². The van der Waals surface area contributed by atoms with Crippen molar-refractivity contribution in [2.24, 2.45) is 0 Å². The predicted molar refractivity (Wildman–Crippen MR) is 79.0 cm³/mol. The Bertz CT molecular complexity index is 1130. The molecule has 1 aromatic heterocycles. The second-order valence-corrected chi connectivity index (χ2v) is 7.23. The molecule has 27 heavy (non-hydrogen) atoms. The minimum absolute atomic E-state index is 0.283. The van der Waals surface area contributed by atoms with Crippen LogP contribution in [0, 0.1) is 11.6 Å². The van der Waals surface area contributed by atoms with Crippen molar-refractivity contribution in [3.05, 3.63) is 39.7 Å². The molecule has 3 rings (SSSR count). The number of fused-ring (bicyclic) bond motifs is 1. The Balaban J connectivity index is 2.43. The van der Waals surface area contributed by atoms with E-state index < -0.39 is 66.9 Å². The van der Waals surface area contributed by atoms with Crippen molar-refractivity contribution in [1.29, 1.82) is 0 Å². The van der Waals surface area contributed by atoms with Crippen molar-refractivity contribution in [2.45, 2.75) is 24.4 Å². The third-order valence-corrected chi connectivity index (χ3v) is 4.77. The summed E-state index contributed by atoms with van der Waals surface area (Å²) < 4.78 is 93.0. The highest BCUT2D eigenvalue weighted by Gasteiger charge is 2.49. The summed E-state index contributed by atoms with van der Waals surface area (Å²) in [7, 11) is -6.38. The molecule has 1 fully saturated rings. The summed E-state index contributed by atoms with van der Waals surface area (Å²) in [6, 6.07) is -0.266. The zero-order chi connectivity index (χ0) is 20.3. The third kappa shape index (κ3) is 3.11. The molecule has 13 heteroatoms. The molecule has 1 aliphatic rings. The number of benzene rings is 1. The molecule has 1 aromatic carbocycles. The Labute approximate surface area is 146 Å². The van der Waals surface area contributed by atoms with Crippen LogP contribution in [0.25, 0.3) is 10.9 Å². The van der Waals surface area contributed by atoms with E-state index in [0.717, 1.165) is 10.8 Å². The maximum atomic E-state index is 14.1. The van der Waals surface area contributed by atoms with Crippen LogP contribution in [-0.4, -0.2) is 29.6 Å². The Hall–Kier alpha value is -2.70. The molecular formula is C14H8F5NO6S. The second-order valence-electron chi connectivity index (χ2n) is 5.70. The molecule has 0 bridgehead atoms. The molecule has 2 aromatic rings. The lowest BCUT2D eigenvalue weighted by Gasteiger charge is -2.17. The predicted octanol–water partition coefficient (Wildman–Crippen LogP) is 2.54. The monoisotopic (exact) mass is 413 g/mol. The first kappa shape index (κ1) is 19.1. The highest BCUT2D eigenvalue weighted by molar-refractivity contribution is 7.88. The van der Waals surface area contributed by atoms with Crippen LogP contribution in [0.5, 0.6) is 5.75 Å². The summed E-state index contributed by atoms with van der Waals surface area (Å²) in [6.07, 6.45) is 1.51. The summed E-state index contributed by atoms with van der Waals surface area (Å²) in [5.74, 6) is -7.31. The molecular weight excluding hydrogens is 405 g/mol. The van der Waals surface area contributed by atoms with Crippen LogP contribution in [0.2, 0.25) is 0 Å². The van der Waals surface area contributed by atoms with E-state index in [1.54, 1.807) is 0 Å². The molecule has 146 valence electrons. The van der Waals surface area contributed by atoms with E-state index in [0.29, 0.717) is 12.8 Å². The molecule has 1 saturated carbocycles. The Morgan fingerprint density at radius 1 is 1.26 bits per heavy atom. The van der Waals surface area contributed by atoms with Crippen LogP contribution < -0.4 is 9.61 Å². The zero-order valence-corrected chi connectivity index (χ0v) is 13.7. The highest BCUT2D eigenvalue weighted by atomic mass is 32.2. The number of halogens is 5. The highest BCUT2D eigenvalue weighted by Crippen LogP contribution is 2.41. The molecule has 0 radical (unpaired) electrons. The minimum Gasteiger partial charge on any atom is -0.477 e. The zero-order valence-electron chi connectivity index (χ0n) is 12.9. The summed E-state index contributed by atoms with van der Waals surface area (Å²) in [5, 5.41) is 8.26. The lowest BCUT2D eigenvalue weighted by molar-refractivity contribution is -0.0500. The molecule has 1 heterocycles. The summed E-state index contributed by atoms with van der Waals surface area (Å²) in [4.78, 5) is 23.4. The smallest absolute Gasteiger partial charge is 0.477 e. The van der Waals surface area contributed by atoms with Crippen LogP contribution in [0.4, 0.5) is 22.0 Å². The summed E-state index contributed by atoms with van der Waals surface area (Å²) >= 11 is 0.